The summed E-state index contributed by atoms with van der Waals surface area (Å²) in [6.07, 6.45) is 1.04. The number of nitrogens with one attached hydrogen (secondary N) is 1. The Balaban J connectivity index is 1.49. The fourth-order valence-electron chi connectivity index (χ4n) is 4.34. The summed E-state index contributed by atoms with van der Waals surface area (Å²) >= 11 is 0. The molecule has 2 atom stereocenters. The molecule has 3 aromatic rings. The highest BCUT2D eigenvalue weighted by atomic mass is 16.2. The second-order valence-corrected chi connectivity index (χ2v) is 7.03. The standard InChI is InChI=1S/C19H18N4O2/c24-17-7-3-6-16-13-8-12(10-23(16)17)9-22(11-13)19(25)18-14-4-1-2-5-15(14)20-21-18/h1-7,12-13H,8-11H2,(H,20,21)/t12-,13+/m0/s1. The van der Waals surface area contributed by atoms with Crippen LogP contribution in [0.15, 0.2) is 47.3 Å². The SMILES string of the molecule is O=C(c1n[nH]c2ccccc12)N1C[C@@H]2C[C@H](C1)c1cccc(=O)n1C2. The van der Waals surface area contributed by atoms with Crippen LogP contribution in [0.3, 0.4) is 0 Å². The second-order valence-electron chi connectivity index (χ2n) is 7.03. The molecule has 1 fully saturated rings. The molecule has 1 amide bonds. The molecule has 2 aliphatic rings. The average molecular weight is 334 g/mol. The molecule has 1 aromatic carbocycles. The fourth-order valence-corrected chi connectivity index (χ4v) is 4.34. The smallest absolute Gasteiger partial charge is 0.275 e. The number of nitrogens with zero attached hydrogens (tertiary/aromatic N) is 3. The van der Waals surface area contributed by atoms with Crippen LogP contribution in [-0.4, -0.2) is 38.7 Å². The number of para-hydroxylation sites is 1. The van der Waals surface area contributed by atoms with Gasteiger partial charge in [-0.3, -0.25) is 14.7 Å². The number of rotatable bonds is 1. The zero-order chi connectivity index (χ0) is 17.0. The van der Waals surface area contributed by atoms with Crippen LogP contribution in [0.2, 0.25) is 0 Å². The number of amides is 1. The first-order valence-electron chi connectivity index (χ1n) is 8.63. The van der Waals surface area contributed by atoms with Crippen LogP contribution < -0.4 is 5.56 Å². The molecular formula is C19H18N4O2. The highest BCUT2D eigenvalue weighted by Crippen LogP contribution is 2.35. The predicted octanol–water partition coefficient (Wildman–Crippen LogP) is 1.98. The molecule has 5 rings (SSSR count). The van der Waals surface area contributed by atoms with E-state index in [9.17, 15) is 9.59 Å². The van der Waals surface area contributed by atoms with Gasteiger partial charge in [0.2, 0.25) is 0 Å². The monoisotopic (exact) mass is 334 g/mol. The van der Waals surface area contributed by atoms with Gasteiger partial charge in [0.25, 0.3) is 11.5 Å². The lowest BCUT2D eigenvalue weighted by molar-refractivity contribution is 0.0590. The molecule has 4 heterocycles. The van der Waals surface area contributed by atoms with E-state index >= 15 is 0 Å². The van der Waals surface area contributed by atoms with Crippen molar-refractivity contribution in [3.8, 4) is 0 Å². The van der Waals surface area contributed by atoms with Crippen molar-refractivity contribution in [1.29, 1.82) is 0 Å². The molecule has 1 saturated heterocycles. The molecule has 25 heavy (non-hydrogen) atoms. The van der Waals surface area contributed by atoms with E-state index in [-0.39, 0.29) is 17.4 Å². The molecule has 6 heteroatoms. The van der Waals surface area contributed by atoms with Gasteiger partial charge in [0, 0.05) is 42.7 Å². The maximum Gasteiger partial charge on any atom is 0.275 e. The van der Waals surface area contributed by atoms with Crippen molar-refractivity contribution in [3.05, 3.63) is 64.2 Å². The first kappa shape index (κ1) is 14.5. The summed E-state index contributed by atoms with van der Waals surface area (Å²) in [5.74, 6) is 0.509. The van der Waals surface area contributed by atoms with E-state index in [0.29, 0.717) is 31.2 Å². The molecule has 0 saturated carbocycles. The largest absolute Gasteiger partial charge is 0.336 e. The van der Waals surface area contributed by atoms with Crippen molar-refractivity contribution in [3.63, 3.8) is 0 Å². The number of aromatic nitrogens is 3. The molecule has 2 aliphatic heterocycles. The van der Waals surface area contributed by atoms with Gasteiger partial charge < -0.3 is 9.47 Å². The van der Waals surface area contributed by atoms with Crippen molar-refractivity contribution in [1.82, 2.24) is 19.7 Å². The van der Waals surface area contributed by atoms with E-state index < -0.39 is 0 Å². The molecule has 0 aliphatic carbocycles. The summed E-state index contributed by atoms with van der Waals surface area (Å²) < 4.78 is 1.88. The van der Waals surface area contributed by atoms with Gasteiger partial charge in [0.15, 0.2) is 5.69 Å². The summed E-state index contributed by atoms with van der Waals surface area (Å²) in [5.41, 5.74) is 2.47. The number of carbonyl (C=O) groups is 1. The van der Waals surface area contributed by atoms with Crippen molar-refractivity contribution in [2.24, 2.45) is 5.92 Å². The molecular weight excluding hydrogens is 316 g/mol. The maximum atomic E-state index is 13.1. The minimum absolute atomic E-state index is 0.0288. The van der Waals surface area contributed by atoms with Gasteiger partial charge in [0.05, 0.1) is 5.52 Å². The Labute approximate surface area is 144 Å². The minimum atomic E-state index is -0.0288. The maximum absolute atomic E-state index is 13.1. The van der Waals surface area contributed by atoms with Crippen LogP contribution in [0.25, 0.3) is 10.9 Å². The highest BCUT2D eigenvalue weighted by molar-refractivity contribution is 6.04. The third kappa shape index (κ3) is 2.21. The predicted molar refractivity (Wildman–Crippen MR) is 93.5 cm³/mol. The van der Waals surface area contributed by atoms with Crippen LogP contribution in [0.4, 0.5) is 0 Å². The second kappa shape index (κ2) is 5.31. The van der Waals surface area contributed by atoms with Gasteiger partial charge in [-0.05, 0) is 24.5 Å². The topological polar surface area (TPSA) is 71.0 Å². The number of pyridine rings is 1. The van der Waals surface area contributed by atoms with Crippen LogP contribution in [0, 0.1) is 5.92 Å². The number of hydrogen-bond acceptors (Lipinski definition) is 3. The number of fused-ring (bicyclic) bond motifs is 5. The average Bonchev–Trinajstić information content (AvgIpc) is 3.06. The third-order valence-electron chi connectivity index (χ3n) is 5.44. The molecule has 0 unspecified atom stereocenters. The van der Waals surface area contributed by atoms with Crippen LogP contribution in [0.5, 0.6) is 0 Å². The van der Waals surface area contributed by atoms with Gasteiger partial charge in [0.1, 0.15) is 0 Å². The van der Waals surface area contributed by atoms with Gasteiger partial charge in [-0.2, -0.15) is 5.10 Å². The Bertz CT molecular complexity index is 1040. The minimum Gasteiger partial charge on any atom is -0.336 e. The number of likely N-dealkylation sites (tertiary alicyclic amines) is 1. The lowest BCUT2D eigenvalue weighted by Crippen LogP contribution is -2.49. The molecule has 0 radical (unpaired) electrons. The molecule has 6 nitrogen and oxygen atoms in total. The quantitative estimate of drug-likeness (QED) is 0.740. The summed E-state index contributed by atoms with van der Waals surface area (Å²) in [5, 5.41) is 8.05. The van der Waals surface area contributed by atoms with Crippen molar-refractivity contribution in [2.45, 2.75) is 18.9 Å². The van der Waals surface area contributed by atoms with E-state index in [1.165, 1.54) is 0 Å². The van der Waals surface area contributed by atoms with Gasteiger partial charge in [-0.1, -0.05) is 24.3 Å². The Morgan fingerprint density at radius 1 is 1.08 bits per heavy atom. The summed E-state index contributed by atoms with van der Waals surface area (Å²) in [6.45, 7) is 2.01. The molecule has 1 N–H and O–H groups in total. The zero-order valence-electron chi connectivity index (χ0n) is 13.7. The number of benzene rings is 1. The number of carbonyl (C=O) groups excluding carboxylic acids is 1. The Morgan fingerprint density at radius 2 is 1.96 bits per heavy atom. The number of piperidine rings is 1. The van der Waals surface area contributed by atoms with Gasteiger partial charge in [-0.25, -0.2) is 0 Å². The fraction of sp³-hybridized carbons (Fsp3) is 0.316. The van der Waals surface area contributed by atoms with Crippen molar-refractivity contribution < 1.29 is 4.79 Å². The first-order valence-corrected chi connectivity index (χ1v) is 8.63. The molecule has 126 valence electrons. The highest BCUT2D eigenvalue weighted by Gasteiger charge is 2.37. The normalized spacial score (nSPS) is 22.0. The number of hydrogen-bond donors (Lipinski definition) is 1. The van der Waals surface area contributed by atoms with Gasteiger partial charge >= 0.3 is 0 Å². The van der Waals surface area contributed by atoms with Crippen molar-refractivity contribution >= 4 is 16.8 Å². The Kier molecular flexibility index (Phi) is 3.07. The van der Waals surface area contributed by atoms with Crippen LogP contribution >= 0.6 is 0 Å². The summed E-state index contributed by atoms with van der Waals surface area (Å²) in [4.78, 5) is 27.1. The summed E-state index contributed by atoms with van der Waals surface area (Å²) in [6, 6.07) is 13.1. The first-order chi connectivity index (χ1) is 12.2. The lowest BCUT2D eigenvalue weighted by Gasteiger charge is -2.42. The van der Waals surface area contributed by atoms with E-state index in [1.807, 2.05) is 45.9 Å². The lowest BCUT2D eigenvalue weighted by atomic mass is 9.83. The van der Waals surface area contributed by atoms with E-state index in [0.717, 1.165) is 23.0 Å². The van der Waals surface area contributed by atoms with Crippen molar-refractivity contribution in [2.75, 3.05) is 13.1 Å². The Hall–Kier alpha value is -2.89. The molecule has 0 spiro atoms. The number of H-pyrrole nitrogens is 1. The number of aromatic amines is 1. The van der Waals surface area contributed by atoms with E-state index in [2.05, 4.69) is 10.2 Å². The third-order valence-corrected chi connectivity index (χ3v) is 5.44. The summed E-state index contributed by atoms with van der Waals surface area (Å²) in [7, 11) is 0. The molecule has 2 bridgehead atoms. The van der Waals surface area contributed by atoms with Gasteiger partial charge in [-0.15, -0.1) is 0 Å². The molecule has 2 aromatic heterocycles. The van der Waals surface area contributed by atoms with E-state index in [4.69, 9.17) is 0 Å². The zero-order valence-corrected chi connectivity index (χ0v) is 13.7. The van der Waals surface area contributed by atoms with E-state index in [1.54, 1.807) is 6.07 Å². The van der Waals surface area contributed by atoms with Crippen LogP contribution in [0.1, 0.15) is 28.5 Å². The Morgan fingerprint density at radius 3 is 2.88 bits per heavy atom. The van der Waals surface area contributed by atoms with Crippen LogP contribution in [-0.2, 0) is 6.54 Å².